The Balaban J connectivity index is 1.63. The number of rotatable bonds is 3. The highest BCUT2D eigenvalue weighted by Crippen LogP contribution is 2.18. The van der Waals surface area contributed by atoms with Crippen molar-refractivity contribution in [1.29, 1.82) is 0 Å². The van der Waals surface area contributed by atoms with Crippen LogP contribution in [0, 0.1) is 10.1 Å². The molecule has 1 fully saturated rings. The molecule has 0 N–H and O–H groups in total. The Morgan fingerprint density at radius 2 is 1.92 bits per heavy atom. The first-order valence-corrected chi connectivity index (χ1v) is 7.68. The summed E-state index contributed by atoms with van der Waals surface area (Å²) in [7, 11) is 0. The van der Waals surface area contributed by atoms with Crippen molar-refractivity contribution in [3.05, 3.63) is 57.5 Å². The second-order valence-corrected chi connectivity index (χ2v) is 5.67. The number of amides is 1. The first-order valence-electron chi connectivity index (χ1n) is 7.31. The maximum absolute atomic E-state index is 12.4. The van der Waals surface area contributed by atoms with Gasteiger partial charge in [-0.1, -0.05) is 11.6 Å². The van der Waals surface area contributed by atoms with Gasteiger partial charge in [-0.05, 0) is 18.2 Å². The van der Waals surface area contributed by atoms with Gasteiger partial charge in [0.25, 0.3) is 11.6 Å². The molecule has 2 aromatic rings. The van der Waals surface area contributed by atoms with Gasteiger partial charge in [-0.2, -0.15) is 0 Å². The zero-order chi connectivity index (χ0) is 17.1. The van der Waals surface area contributed by atoms with Crippen LogP contribution in [0.15, 0.2) is 36.7 Å². The molecule has 8 nitrogen and oxygen atoms in total. The van der Waals surface area contributed by atoms with E-state index in [4.69, 9.17) is 11.6 Å². The van der Waals surface area contributed by atoms with Gasteiger partial charge in [0.1, 0.15) is 17.2 Å². The lowest BCUT2D eigenvalue weighted by molar-refractivity contribution is -0.385. The van der Waals surface area contributed by atoms with Crippen molar-refractivity contribution in [1.82, 2.24) is 14.9 Å². The Hall–Kier alpha value is -2.74. The largest absolute Gasteiger partial charge is 0.353 e. The maximum atomic E-state index is 12.4. The van der Waals surface area contributed by atoms with Crippen LogP contribution in [-0.4, -0.2) is 51.9 Å². The third kappa shape index (κ3) is 3.43. The molecule has 0 saturated carbocycles. The summed E-state index contributed by atoms with van der Waals surface area (Å²) in [6.07, 6.45) is 2.75. The van der Waals surface area contributed by atoms with Gasteiger partial charge in [-0.15, -0.1) is 0 Å². The molecule has 0 atom stereocenters. The van der Waals surface area contributed by atoms with E-state index in [1.807, 2.05) is 4.90 Å². The van der Waals surface area contributed by atoms with E-state index in [-0.39, 0.29) is 16.7 Å². The number of halogens is 1. The number of anilines is 1. The summed E-state index contributed by atoms with van der Waals surface area (Å²) in [6, 6.07) is 6.24. The van der Waals surface area contributed by atoms with Gasteiger partial charge >= 0.3 is 0 Å². The lowest BCUT2D eigenvalue weighted by atomic mass is 10.2. The molecule has 1 amide bonds. The smallest absolute Gasteiger partial charge is 0.287 e. The van der Waals surface area contributed by atoms with Gasteiger partial charge in [0, 0.05) is 44.0 Å². The molecule has 2 aromatic heterocycles. The molecule has 1 saturated heterocycles. The predicted octanol–water partition coefficient (Wildman–Crippen LogP) is 2.00. The van der Waals surface area contributed by atoms with Crippen molar-refractivity contribution in [2.24, 2.45) is 0 Å². The summed E-state index contributed by atoms with van der Waals surface area (Å²) in [6.45, 7) is 2.29. The number of aromatic nitrogens is 2. The molecule has 1 aliphatic rings. The van der Waals surface area contributed by atoms with Gasteiger partial charge in [-0.3, -0.25) is 14.9 Å². The lowest BCUT2D eigenvalue weighted by Crippen LogP contribution is -2.49. The topological polar surface area (TPSA) is 92.5 Å². The molecule has 3 heterocycles. The minimum atomic E-state index is -0.479. The van der Waals surface area contributed by atoms with Crippen LogP contribution in [0.2, 0.25) is 5.15 Å². The van der Waals surface area contributed by atoms with Crippen molar-refractivity contribution >= 4 is 29.0 Å². The number of piperazine rings is 1. The van der Waals surface area contributed by atoms with Gasteiger partial charge in [0.05, 0.1) is 4.92 Å². The van der Waals surface area contributed by atoms with Crippen LogP contribution in [0.5, 0.6) is 0 Å². The summed E-state index contributed by atoms with van der Waals surface area (Å²) in [5.41, 5.74) is 0.471. The molecule has 3 rings (SSSR count). The fourth-order valence-electron chi connectivity index (χ4n) is 2.53. The standard InChI is InChI=1S/C15H14ClN5O3/c16-13-9-11(3-4-17-13)15(22)20-7-5-19(6-8-20)14-2-1-12(10-18-14)21(23)24/h1-4,9-10H,5-8H2. The van der Waals surface area contributed by atoms with Crippen LogP contribution in [0.4, 0.5) is 11.5 Å². The highest BCUT2D eigenvalue weighted by atomic mass is 35.5. The Bertz CT molecular complexity index is 760. The predicted molar refractivity (Wildman–Crippen MR) is 88.3 cm³/mol. The van der Waals surface area contributed by atoms with Crippen molar-refractivity contribution in [2.45, 2.75) is 0 Å². The second kappa shape index (κ2) is 6.79. The van der Waals surface area contributed by atoms with Gasteiger partial charge in [0.15, 0.2) is 0 Å². The van der Waals surface area contributed by atoms with Gasteiger partial charge < -0.3 is 9.80 Å². The number of hydrogen-bond donors (Lipinski definition) is 0. The summed E-state index contributed by atoms with van der Waals surface area (Å²) < 4.78 is 0. The summed E-state index contributed by atoms with van der Waals surface area (Å²) in [5, 5.41) is 10.9. The molecule has 24 heavy (non-hydrogen) atoms. The third-order valence-corrected chi connectivity index (χ3v) is 4.01. The molecule has 1 aliphatic heterocycles. The number of nitro groups is 1. The number of carbonyl (C=O) groups is 1. The first-order chi connectivity index (χ1) is 11.5. The molecule has 0 unspecified atom stereocenters. The SMILES string of the molecule is O=C(c1ccnc(Cl)c1)N1CCN(c2ccc([N+](=O)[O-])cn2)CC1. The first kappa shape index (κ1) is 16.1. The molecule has 0 aromatic carbocycles. The van der Waals surface area contributed by atoms with Crippen LogP contribution >= 0.6 is 11.6 Å². The number of hydrogen-bond acceptors (Lipinski definition) is 6. The molecule has 0 spiro atoms. The van der Waals surface area contributed by atoms with Crippen LogP contribution in [0.25, 0.3) is 0 Å². The molecule has 0 bridgehead atoms. The van der Waals surface area contributed by atoms with Crippen molar-refractivity contribution in [3.8, 4) is 0 Å². The van der Waals surface area contributed by atoms with Crippen LogP contribution in [-0.2, 0) is 0 Å². The van der Waals surface area contributed by atoms with E-state index < -0.39 is 4.92 Å². The summed E-state index contributed by atoms with van der Waals surface area (Å²) in [5.74, 6) is 0.579. The van der Waals surface area contributed by atoms with E-state index in [1.165, 1.54) is 18.5 Å². The van der Waals surface area contributed by atoms with Crippen LogP contribution < -0.4 is 4.90 Å². The van der Waals surface area contributed by atoms with Crippen LogP contribution in [0.3, 0.4) is 0 Å². The molecule has 124 valence electrons. The molecule has 0 radical (unpaired) electrons. The highest BCUT2D eigenvalue weighted by molar-refractivity contribution is 6.29. The molecule has 0 aliphatic carbocycles. The third-order valence-electron chi connectivity index (χ3n) is 3.81. The van der Waals surface area contributed by atoms with Crippen molar-refractivity contribution in [2.75, 3.05) is 31.1 Å². The van der Waals surface area contributed by atoms with E-state index in [0.717, 1.165) is 0 Å². The zero-order valence-electron chi connectivity index (χ0n) is 12.6. The average molecular weight is 348 g/mol. The van der Waals surface area contributed by atoms with E-state index in [9.17, 15) is 14.9 Å². The molecular weight excluding hydrogens is 334 g/mol. The Labute approximate surface area is 142 Å². The Morgan fingerprint density at radius 3 is 2.50 bits per heavy atom. The van der Waals surface area contributed by atoms with Crippen LogP contribution in [0.1, 0.15) is 10.4 Å². The molecule has 9 heteroatoms. The number of nitrogens with zero attached hydrogens (tertiary/aromatic N) is 5. The number of pyridine rings is 2. The van der Waals surface area contributed by atoms with E-state index >= 15 is 0 Å². The minimum Gasteiger partial charge on any atom is -0.353 e. The molecular formula is C15H14ClN5O3. The van der Waals surface area contributed by atoms with E-state index in [0.29, 0.717) is 37.6 Å². The van der Waals surface area contributed by atoms with Crippen molar-refractivity contribution < 1.29 is 9.72 Å². The quantitative estimate of drug-likeness (QED) is 0.479. The highest BCUT2D eigenvalue weighted by Gasteiger charge is 2.23. The Morgan fingerprint density at radius 1 is 1.17 bits per heavy atom. The van der Waals surface area contributed by atoms with Gasteiger partial charge in [-0.25, -0.2) is 9.97 Å². The number of carbonyl (C=O) groups excluding carboxylic acids is 1. The second-order valence-electron chi connectivity index (χ2n) is 5.28. The normalized spacial score (nSPS) is 14.5. The Kier molecular flexibility index (Phi) is 4.57. The van der Waals surface area contributed by atoms with Crippen molar-refractivity contribution in [3.63, 3.8) is 0 Å². The lowest BCUT2D eigenvalue weighted by Gasteiger charge is -2.35. The van der Waals surface area contributed by atoms with E-state index in [1.54, 1.807) is 23.1 Å². The monoisotopic (exact) mass is 347 g/mol. The maximum Gasteiger partial charge on any atom is 0.287 e. The zero-order valence-corrected chi connectivity index (χ0v) is 13.4. The van der Waals surface area contributed by atoms with E-state index in [2.05, 4.69) is 9.97 Å². The minimum absolute atomic E-state index is 0.0397. The van der Waals surface area contributed by atoms with Gasteiger partial charge in [0.2, 0.25) is 0 Å². The average Bonchev–Trinajstić information content (AvgIpc) is 2.61. The summed E-state index contributed by atoms with van der Waals surface area (Å²) in [4.78, 5) is 34.3. The fraction of sp³-hybridized carbons (Fsp3) is 0.267. The fourth-order valence-corrected chi connectivity index (χ4v) is 2.70. The summed E-state index contributed by atoms with van der Waals surface area (Å²) >= 11 is 5.82.